The van der Waals surface area contributed by atoms with Gasteiger partial charge in [0.1, 0.15) is 10.7 Å². The fourth-order valence-corrected chi connectivity index (χ4v) is 4.40. The Bertz CT molecular complexity index is 746. The van der Waals surface area contributed by atoms with E-state index in [1.165, 1.54) is 0 Å². The summed E-state index contributed by atoms with van der Waals surface area (Å²) in [6.45, 7) is 0. The number of rotatable bonds is 3. The average Bonchev–Trinajstić information content (AvgIpc) is 2.93. The van der Waals surface area contributed by atoms with Crippen LogP contribution in [-0.4, -0.2) is 34.5 Å². The molecule has 0 radical (unpaired) electrons. The number of hydrogen-bond acceptors (Lipinski definition) is 5. The Hall–Kier alpha value is -0.990. The van der Waals surface area contributed by atoms with Gasteiger partial charge in [-0.3, -0.25) is 0 Å². The third kappa shape index (κ3) is 2.65. The highest BCUT2D eigenvalue weighted by molar-refractivity contribution is 7.93. The molecule has 0 saturated heterocycles. The number of sulfone groups is 2. The van der Waals surface area contributed by atoms with Crippen molar-refractivity contribution in [2.75, 3.05) is 12.5 Å². The van der Waals surface area contributed by atoms with Gasteiger partial charge in [0.15, 0.2) is 19.7 Å². The smallest absolute Gasteiger partial charge is 0.179 e. The van der Waals surface area contributed by atoms with Crippen LogP contribution in [0.3, 0.4) is 0 Å². The first-order valence-corrected chi connectivity index (χ1v) is 9.20. The minimum atomic E-state index is -4.02. The lowest BCUT2D eigenvalue weighted by molar-refractivity contribution is 0.150. The molecule has 0 aliphatic heterocycles. The molecule has 1 aromatic carbocycles. The van der Waals surface area contributed by atoms with Gasteiger partial charge < -0.3 is 5.11 Å². The molecule has 0 spiro atoms. The Morgan fingerprint density at radius 2 is 1.63 bits per heavy atom. The van der Waals surface area contributed by atoms with E-state index in [1.54, 1.807) is 0 Å². The molecule has 8 heteroatoms. The van der Waals surface area contributed by atoms with Crippen molar-refractivity contribution in [3.05, 3.63) is 23.5 Å². The predicted molar refractivity (Wildman–Crippen MR) is 65.8 cm³/mol. The highest BCUT2D eigenvalue weighted by atomic mass is 32.2. The normalized spacial score (nSPS) is 18.3. The van der Waals surface area contributed by atoms with E-state index in [0.29, 0.717) is 12.8 Å². The second-order valence-corrected chi connectivity index (χ2v) is 8.80. The van der Waals surface area contributed by atoms with Crippen molar-refractivity contribution in [2.24, 2.45) is 0 Å². The molecule has 1 saturated carbocycles. The molecular weight excluding hydrogens is 295 g/mol. The zero-order valence-corrected chi connectivity index (χ0v) is 12.0. The van der Waals surface area contributed by atoms with Crippen LogP contribution in [0.2, 0.25) is 0 Å². The maximum atomic E-state index is 13.9. The highest BCUT2D eigenvalue weighted by Crippen LogP contribution is 2.46. The fourth-order valence-electron chi connectivity index (χ4n) is 1.88. The number of hydrogen-bond donors (Lipinski definition) is 1. The van der Waals surface area contributed by atoms with Crippen molar-refractivity contribution in [1.29, 1.82) is 0 Å². The van der Waals surface area contributed by atoms with Gasteiger partial charge in [0.2, 0.25) is 0 Å². The largest absolute Gasteiger partial charge is 0.385 e. The van der Waals surface area contributed by atoms with Crippen LogP contribution in [0.4, 0.5) is 4.39 Å². The Morgan fingerprint density at radius 1 is 1.11 bits per heavy atom. The van der Waals surface area contributed by atoms with Crippen molar-refractivity contribution in [3.63, 3.8) is 0 Å². The van der Waals surface area contributed by atoms with Crippen LogP contribution in [-0.2, 0) is 25.3 Å². The third-order valence-electron chi connectivity index (χ3n) is 3.04. The van der Waals surface area contributed by atoms with E-state index in [9.17, 15) is 26.3 Å². The number of aliphatic hydroxyl groups is 1. The zero-order chi connectivity index (χ0) is 14.6. The SMILES string of the molecule is CS(=O)(=O)c1cc(C2(O)CC2)cc(F)c1S(C)(=O)=O. The van der Waals surface area contributed by atoms with Crippen molar-refractivity contribution >= 4 is 19.7 Å². The van der Waals surface area contributed by atoms with E-state index >= 15 is 0 Å². The Labute approximate surface area is 110 Å². The average molecular weight is 308 g/mol. The lowest BCUT2D eigenvalue weighted by Crippen LogP contribution is -2.14. The summed E-state index contributed by atoms with van der Waals surface area (Å²) >= 11 is 0. The van der Waals surface area contributed by atoms with E-state index in [2.05, 4.69) is 0 Å². The standard InChI is InChI=1S/C11H13FO5S2/c1-18(14,15)9-6-7(11(13)3-4-11)5-8(12)10(9)19(2,16)17/h5-6,13H,3-4H2,1-2H3. The van der Waals surface area contributed by atoms with Crippen LogP contribution in [0.15, 0.2) is 21.9 Å². The van der Waals surface area contributed by atoms with Gasteiger partial charge in [-0.25, -0.2) is 21.2 Å². The van der Waals surface area contributed by atoms with E-state index in [4.69, 9.17) is 0 Å². The summed E-state index contributed by atoms with van der Waals surface area (Å²) in [5, 5.41) is 9.90. The molecule has 0 unspecified atom stereocenters. The third-order valence-corrected chi connectivity index (χ3v) is 5.45. The molecule has 1 aliphatic carbocycles. The van der Waals surface area contributed by atoms with Crippen molar-refractivity contribution in [1.82, 2.24) is 0 Å². The molecule has 2 rings (SSSR count). The summed E-state index contributed by atoms with van der Waals surface area (Å²) in [5.74, 6) is -1.15. The summed E-state index contributed by atoms with van der Waals surface area (Å²) < 4.78 is 60.3. The summed E-state index contributed by atoms with van der Waals surface area (Å²) in [6, 6.07) is 1.93. The second-order valence-electron chi connectivity index (χ2n) is 4.86. The van der Waals surface area contributed by atoms with E-state index in [-0.39, 0.29) is 5.56 Å². The molecule has 0 atom stereocenters. The van der Waals surface area contributed by atoms with Crippen LogP contribution >= 0.6 is 0 Å². The van der Waals surface area contributed by atoms with Crippen LogP contribution in [0.1, 0.15) is 18.4 Å². The summed E-state index contributed by atoms with van der Waals surface area (Å²) in [6.07, 6.45) is 2.34. The van der Waals surface area contributed by atoms with E-state index in [0.717, 1.165) is 24.6 Å². The highest BCUT2D eigenvalue weighted by Gasteiger charge is 2.43. The van der Waals surface area contributed by atoms with Gasteiger partial charge in [0, 0.05) is 12.5 Å². The van der Waals surface area contributed by atoms with Gasteiger partial charge in [0.25, 0.3) is 0 Å². The molecule has 106 valence electrons. The zero-order valence-electron chi connectivity index (χ0n) is 10.3. The first kappa shape index (κ1) is 14.4. The maximum Gasteiger partial charge on any atom is 0.179 e. The van der Waals surface area contributed by atoms with E-state index < -0.39 is 40.9 Å². The topological polar surface area (TPSA) is 88.5 Å². The first-order valence-electron chi connectivity index (χ1n) is 5.42. The van der Waals surface area contributed by atoms with Crippen LogP contribution in [0, 0.1) is 5.82 Å². The fraction of sp³-hybridized carbons (Fsp3) is 0.455. The molecule has 19 heavy (non-hydrogen) atoms. The maximum absolute atomic E-state index is 13.9. The minimum Gasteiger partial charge on any atom is -0.385 e. The van der Waals surface area contributed by atoms with Gasteiger partial charge in [-0.2, -0.15) is 0 Å². The predicted octanol–water partition coefficient (Wildman–Crippen LogP) is 0.614. The number of benzene rings is 1. The Kier molecular flexibility index (Phi) is 3.04. The summed E-state index contributed by atoms with van der Waals surface area (Å²) in [4.78, 5) is -1.45. The van der Waals surface area contributed by atoms with Crippen molar-refractivity contribution < 1.29 is 26.3 Å². The van der Waals surface area contributed by atoms with E-state index in [1.807, 2.05) is 0 Å². The van der Waals surface area contributed by atoms with Gasteiger partial charge in [0.05, 0.1) is 10.5 Å². The van der Waals surface area contributed by atoms with Gasteiger partial charge >= 0.3 is 0 Å². The van der Waals surface area contributed by atoms with Crippen LogP contribution in [0.25, 0.3) is 0 Å². The molecule has 1 N–H and O–H groups in total. The molecule has 1 aliphatic rings. The summed E-state index contributed by atoms with van der Waals surface area (Å²) in [7, 11) is -7.95. The Morgan fingerprint density at radius 3 is 2.00 bits per heavy atom. The van der Waals surface area contributed by atoms with Crippen molar-refractivity contribution in [2.45, 2.75) is 28.2 Å². The van der Waals surface area contributed by atoms with Gasteiger partial charge in [-0.15, -0.1) is 0 Å². The lowest BCUT2D eigenvalue weighted by Gasteiger charge is -2.13. The molecule has 1 aromatic rings. The summed E-state index contributed by atoms with van der Waals surface area (Å²) in [5.41, 5.74) is -1.14. The number of halogens is 1. The van der Waals surface area contributed by atoms with Crippen LogP contribution in [0.5, 0.6) is 0 Å². The van der Waals surface area contributed by atoms with Crippen LogP contribution < -0.4 is 0 Å². The molecule has 0 bridgehead atoms. The lowest BCUT2D eigenvalue weighted by atomic mass is 10.1. The molecule has 1 fully saturated rings. The molecular formula is C11H13FO5S2. The Balaban J connectivity index is 2.83. The monoisotopic (exact) mass is 308 g/mol. The van der Waals surface area contributed by atoms with Gasteiger partial charge in [-0.1, -0.05) is 0 Å². The second kappa shape index (κ2) is 4.00. The molecule has 0 heterocycles. The van der Waals surface area contributed by atoms with Gasteiger partial charge in [-0.05, 0) is 30.5 Å². The van der Waals surface area contributed by atoms with Crippen molar-refractivity contribution in [3.8, 4) is 0 Å². The first-order chi connectivity index (χ1) is 8.45. The minimum absolute atomic E-state index is 0.0952. The molecule has 5 nitrogen and oxygen atoms in total. The molecule has 0 aromatic heterocycles. The quantitative estimate of drug-likeness (QED) is 0.884. The molecule has 0 amide bonds.